The first kappa shape index (κ1) is 18.4. The van der Waals surface area contributed by atoms with Gasteiger partial charge in [0.2, 0.25) is 5.60 Å². The minimum absolute atomic E-state index is 0.0835. The minimum Gasteiger partial charge on any atom is -0.494 e. The number of H-pyrrole nitrogens is 1. The third-order valence-corrected chi connectivity index (χ3v) is 8.06. The van der Waals surface area contributed by atoms with Crippen LogP contribution in [0.2, 0.25) is 0 Å². The summed E-state index contributed by atoms with van der Waals surface area (Å²) in [4.78, 5) is 15.5. The molecule has 1 saturated heterocycles. The maximum Gasteiger partial charge on any atom is 0.341 e. The van der Waals surface area contributed by atoms with Gasteiger partial charge < -0.3 is 34.2 Å². The summed E-state index contributed by atoms with van der Waals surface area (Å²) in [6.45, 7) is 1.66. The molecule has 0 spiro atoms. The number of benzene rings is 3. The summed E-state index contributed by atoms with van der Waals surface area (Å²) in [6, 6.07) is 15.6. The van der Waals surface area contributed by atoms with Gasteiger partial charge in [0.05, 0.1) is 27.5 Å². The van der Waals surface area contributed by atoms with E-state index in [0.29, 0.717) is 0 Å². The molecule has 8 rings (SSSR count). The van der Waals surface area contributed by atoms with Crippen LogP contribution in [0.15, 0.2) is 54.7 Å². The van der Waals surface area contributed by atoms with Gasteiger partial charge in [-0.25, -0.2) is 4.79 Å². The summed E-state index contributed by atoms with van der Waals surface area (Å²) in [5.74, 6) is -1.24. The zero-order valence-corrected chi connectivity index (χ0v) is 18.0. The summed E-state index contributed by atoms with van der Waals surface area (Å²) >= 11 is 0. The van der Waals surface area contributed by atoms with E-state index >= 15 is 0 Å². The molecular weight excluding hydrogens is 434 g/mol. The number of aromatic hydroxyl groups is 1. The van der Waals surface area contributed by atoms with Gasteiger partial charge in [-0.15, -0.1) is 0 Å². The van der Waals surface area contributed by atoms with E-state index < -0.39 is 23.5 Å². The van der Waals surface area contributed by atoms with E-state index in [0.717, 1.165) is 54.4 Å². The van der Waals surface area contributed by atoms with Crippen LogP contribution in [0.3, 0.4) is 0 Å². The van der Waals surface area contributed by atoms with Gasteiger partial charge in [0, 0.05) is 39.5 Å². The van der Waals surface area contributed by atoms with Crippen molar-refractivity contribution in [2.24, 2.45) is 0 Å². The van der Waals surface area contributed by atoms with E-state index in [-0.39, 0.29) is 12.3 Å². The molecule has 0 amide bonds. The number of rotatable bonds is 1. The van der Waals surface area contributed by atoms with Crippen molar-refractivity contribution in [1.82, 2.24) is 14.1 Å². The summed E-state index contributed by atoms with van der Waals surface area (Å²) in [5, 5.41) is 37.9. The molecule has 8 nitrogen and oxygen atoms in total. The van der Waals surface area contributed by atoms with Crippen molar-refractivity contribution in [3.8, 4) is 5.88 Å². The molecule has 5 heterocycles. The number of hydrogen-bond acceptors (Lipinski definition) is 4. The molecule has 8 heteroatoms. The van der Waals surface area contributed by atoms with Crippen molar-refractivity contribution < 1.29 is 24.9 Å². The number of carboxylic acid groups (broad SMARTS) is 1. The van der Waals surface area contributed by atoms with Crippen LogP contribution in [0.5, 0.6) is 5.88 Å². The zero-order chi connectivity index (χ0) is 23.1. The first-order chi connectivity index (χ1) is 16.4. The van der Waals surface area contributed by atoms with Gasteiger partial charge in [0.25, 0.3) is 0 Å². The molecular formula is C26H19N3O5. The number of carboxylic acids is 1. The fourth-order valence-corrected chi connectivity index (χ4v) is 6.60. The lowest BCUT2D eigenvalue weighted by molar-refractivity contribution is -0.200. The highest BCUT2D eigenvalue weighted by molar-refractivity contribution is 6.37. The molecule has 2 aliphatic heterocycles. The second-order valence-electron chi connectivity index (χ2n) is 9.54. The lowest BCUT2D eigenvalue weighted by Gasteiger charge is -2.36. The van der Waals surface area contributed by atoms with E-state index in [2.05, 4.69) is 4.98 Å². The largest absolute Gasteiger partial charge is 0.494 e. The zero-order valence-electron chi connectivity index (χ0n) is 18.0. The molecule has 0 radical (unpaired) electrons. The van der Waals surface area contributed by atoms with Crippen molar-refractivity contribution in [2.75, 3.05) is 0 Å². The number of ether oxygens (including phenoxy) is 1. The normalized spacial score (nSPS) is 26.0. The fourth-order valence-electron chi connectivity index (χ4n) is 6.60. The number of para-hydroxylation sites is 2. The number of aliphatic carboxylic acids is 1. The summed E-state index contributed by atoms with van der Waals surface area (Å²) in [7, 11) is 0. The molecule has 0 aliphatic carbocycles. The van der Waals surface area contributed by atoms with Crippen LogP contribution in [-0.2, 0) is 15.3 Å². The maximum absolute atomic E-state index is 12.5. The SMILES string of the molecule is C[C@@]12O[C@@H](C[C@@]1(O)C(=O)O)n1c3ccccc3c3c4c(O)[nH]cc4c4c5ccccc5n2c4c31. The van der Waals surface area contributed by atoms with E-state index in [9.17, 15) is 20.1 Å². The van der Waals surface area contributed by atoms with Crippen molar-refractivity contribution in [3.05, 3.63) is 54.7 Å². The van der Waals surface area contributed by atoms with Gasteiger partial charge in [0.15, 0.2) is 11.6 Å². The highest BCUT2D eigenvalue weighted by atomic mass is 16.6. The van der Waals surface area contributed by atoms with Crippen LogP contribution in [-0.4, -0.2) is 41.0 Å². The number of aliphatic hydroxyl groups is 1. The van der Waals surface area contributed by atoms with Crippen LogP contribution < -0.4 is 0 Å². The second-order valence-corrected chi connectivity index (χ2v) is 9.54. The van der Waals surface area contributed by atoms with Gasteiger partial charge in [-0.05, 0) is 19.1 Å². The Morgan fingerprint density at radius 2 is 1.68 bits per heavy atom. The van der Waals surface area contributed by atoms with Crippen molar-refractivity contribution >= 4 is 60.4 Å². The Balaban J connectivity index is 1.80. The van der Waals surface area contributed by atoms with Crippen LogP contribution >= 0.6 is 0 Å². The predicted molar refractivity (Wildman–Crippen MR) is 127 cm³/mol. The summed E-state index contributed by atoms with van der Waals surface area (Å²) < 4.78 is 10.4. The van der Waals surface area contributed by atoms with Gasteiger partial charge in [-0.2, -0.15) is 0 Å². The van der Waals surface area contributed by atoms with Crippen molar-refractivity contribution in [2.45, 2.75) is 30.9 Å². The van der Waals surface area contributed by atoms with E-state index in [1.54, 1.807) is 13.1 Å². The number of nitrogens with one attached hydrogen (secondary N) is 1. The Hall–Kier alpha value is -4.01. The fraction of sp³-hybridized carbons (Fsp3) is 0.192. The summed E-state index contributed by atoms with van der Waals surface area (Å²) in [6.07, 6.45) is 0.962. The molecule has 2 bridgehead atoms. The molecule has 34 heavy (non-hydrogen) atoms. The topological polar surface area (TPSA) is 113 Å². The quantitative estimate of drug-likeness (QED) is 0.293. The Kier molecular flexibility index (Phi) is 2.91. The second kappa shape index (κ2) is 5.38. The van der Waals surface area contributed by atoms with Gasteiger partial charge in [0.1, 0.15) is 6.23 Å². The standard InChI is InChI=1S/C26H19N3O5/c1-25-26(33,24(31)32)10-17(34-25)28-15-8-4-2-6-12(15)19-20-14(11-27-23(20)30)18-13-7-3-5-9-16(13)29(25)22(18)21(19)28/h2-9,11,17,27,30,33H,10H2,1H3,(H,31,32)/t17-,25+,26+/m0/s1. The number of carbonyl (C=O) groups is 1. The number of nitrogens with zero attached hydrogens (tertiary/aromatic N) is 2. The van der Waals surface area contributed by atoms with Crippen LogP contribution in [0.4, 0.5) is 0 Å². The highest BCUT2D eigenvalue weighted by Crippen LogP contribution is 2.58. The van der Waals surface area contributed by atoms with Crippen LogP contribution in [0.25, 0.3) is 54.4 Å². The first-order valence-electron chi connectivity index (χ1n) is 11.2. The number of aromatic nitrogens is 3. The highest BCUT2D eigenvalue weighted by Gasteiger charge is 2.65. The predicted octanol–water partition coefficient (Wildman–Crippen LogP) is 4.51. The molecule has 6 aromatic rings. The molecule has 4 N–H and O–H groups in total. The molecule has 3 aromatic heterocycles. The van der Waals surface area contributed by atoms with Crippen molar-refractivity contribution in [3.63, 3.8) is 0 Å². The average Bonchev–Trinajstić information content (AvgIpc) is 3.51. The molecule has 2 aliphatic rings. The third-order valence-electron chi connectivity index (χ3n) is 8.06. The van der Waals surface area contributed by atoms with Crippen molar-refractivity contribution in [1.29, 1.82) is 0 Å². The van der Waals surface area contributed by atoms with Gasteiger partial charge in [-0.3, -0.25) is 0 Å². The molecule has 3 atom stereocenters. The Morgan fingerprint density at radius 3 is 2.41 bits per heavy atom. The molecule has 168 valence electrons. The Bertz CT molecular complexity index is 1910. The van der Waals surface area contributed by atoms with E-state index in [1.807, 2.05) is 57.7 Å². The number of aromatic amines is 1. The van der Waals surface area contributed by atoms with E-state index in [1.165, 1.54) is 0 Å². The van der Waals surface area contributed by atoms with Gasteiger partial charge in [-0.1, -0.05) is 36.4 Å². The van der Waals surface area contributed by atoms with Crippen LogP contribution in [0.1, 0.15) is 19.6 Å². The lowest BCUT2D eigenvalue weighted by atomic mass is 9.89. The smallest absolute Gasteiger partial charge is 0.341 e. The lowest BCUT2D eigenvalue weighted by Crippen LogP contribution is -2.55. The number of fused-ring (bicyclic) bond motifs is 13. The van der Waals surface area contributed by atoms with Crippen LogP contribution in [0, 0.1) is 0 Å². The summed E-state index contributed by atoms with van der Waals surface area (Å²) in [5.41, 5.74) is -0.471. The number of hydrogen-bond donors (Lipinski definition) is 4. The average molecular weight is 453 g/mol. The Labute approximate surface area is 191 Å². The molecule has 0 unspecified atom stereocenters. The Morgan fingerprint density at radius 1 is 1.00 bits per heavy atom. The molecule has 0 saturated carbocycles. The minimum atomic E-state index is -2.16. The van der Waals surface area contributed by atoms with E-state index in [4.69, 9.17) is 4.74 Å². The molecule has 1 fully saturated rings. The monoisotopic (exact) mass is 453 g/mol. The third kappa shape index (κ3) is 1.69. The maximum atomic E-state index is 12.5. The van der Waals surface area contributed by atoms with Gasteiger partial charge >= 0.3 is 5.97 Å². The first-order valence-corrected chi connectivity index (χ1v) is 11.2. The molecule has 3 aromatic carbocycles.